The average Bonchev–Trinajstić information content (AvgIpc) is 3.13. The van der Waals surface area contributed by atoms with Crippen molar-refractivity contribution in [1.29, 1.82) is 0 Å². The average molecular weight is 403 g/mol. The quantitative estimate of drug-likeness (QED) is 0.318. The lowest BCUT2D eigenvalue weighted by molar-refractivity contribution is 0.0281. The Hall–Kier alpha value is -2.42. The highest BCUT2D eigenvalue weighted by molar-refractivity contribution is 5.86. The Kier molecular flexibility index (Phi) is 8.48. The molecule has 0 radical (unpaired) electrons. The standard InChI is InChI=1S/C20H34N8O/c1-3-21-20(23-10-7-13-29-16-8-5-4-6-9-16)24-12-11-22-18-17-14-27-28(2)19(17)26-15-25-18/h14-16H,3-13H2,1-2H3,(H2,21,23,24)(H,22,25,26). The third kappa shape index (κ3) is 6.56. The van der Waals surface area contributed by atoms with E-state index in [2.05, 4.69) is 42.9 Å². The van der Waals surface area contributed by atoms with E-state index < -0.39 is 0 Å². The van der Waals surface area contributed by atoms with Crippen LogP contribution in [0.25, 0.3) is 11.0 Å². The number of nitrogens with one attached hydrogen (secondary N) is 3. The topological polar surface area (TPSA) is 101 Å². The molecule has 9 nitrogen and oxygen atoms in total. The van der Waals surface area contributed by atoms with E-state index in [-0.39, 0.29) is 0 Å². The fraction of sp³-hybridized carbons (Fsp3) is 0.700. The number of aryl methyl sites for hydroxylation is 1. The summed E-state index contributed by atoms with van der Waals surface area (Å²) < 4.78 is 7.71. The van der Waals surface area contributed by atoms with Crippen LogP contribution in [0.15, 0.2) is 17.5 Å². The van der Waals surface area contributed by atoms with Crippen LogP contribution in [0.2, 0.25) is 0 Å². The highest BCUT2D eigenvalue weighted by atomic mass is 16.5. The van der Waals surface area contributed by atoms with Gasteiger partial charge in [0, 0.05) is 39.8 Å². The van der Waals surface area contributed by atoms with Crippen LogP contribution in [0.1, 0.15) is 45.4 Å². The van der Waals surface area contributed by atoms with Gasteiger partial charge in [-0.25, -0.2) is 9.97 Å². The summed E-state index contributed by atoms with van der Waals surface area (Å²) >= 11 is 0. The van der Waals surface area contributed by atoms with Crippen molar-refractivity contribution in [3.05, 3.63) is 12.5 Å². The molecule has 2 aromatic rings. The van der Waals surface area contributed by atoms with Crippen molar-refractivity contribution in [2.75, 3.05) is 38.1 Å². The maximum atomic E-state index is 5.97. The number of hydrogen-bond donors (Lipinski definition) is 3. The van der Waals surface area contributed by atoms with E-state index in [1.165, 1.54) is 32.1 Å². The minimum absolute atomic E-state index is 0.471. The van der Waals surface area contributed by atoms with Crippen molar-refractivity contribution < 1.29 is 4.74 Å². The highest BCUT2D eigenvalue weighted by Crippen LogP contribution is 2.20. The first-order chi connectivity index (χ1) is 14.3. The van der Waals surface area contributed by atoms with Crippen LogP contribution in [-0.2, 0) is 11.8 Å². The predicted molar refractivity (Wildman–Crippen MR) is 116 cm³/mol. The van der Waals surface area contributed by atoms with Crippen molar-refractivity contribution in [3.63, 3.8) is 0 Å². The fourth-order valence-electron chi connectivity index (χ4n) is 3.54. The molecule has 3 N–H and O–H groups in total. The molecule has 2 heterocycles. The third-order valence-electron chi connectivity index (χ3n) is 5.06. The van der Waals surface area contributed by atoms with Gasteiger partial charge in [-0.2, -0.15) is 5.10 Å². The first-order valence-corrected chi connectivity index (χ1v) is 10.8. The van der Waals surface area contributed by atoms with E-state index in [0.717, 1.165) is 62.0 Å². The molecule has 0 aliphatic heterocycles. The summed E-state index contributed by atoms with van der Waals surface area (Å²) in [6.07, 6.45) is 11.2. The van der Waals surface area contributed by atoms with Gasteiger partial charge in [0.1, 0.15) is 12.1 Å². The number of rotatable bonds is 10. The van der Waals surface area contributed by atoms with Gasteiger partial charge in [0.25, 0.3) is 0 Å². The predicted octanol–water partition coefficient (Wildman–Crippen LogP) is 2.07. The molecule has 1 fully saturated rings. The van der Waals surface area contributed by atoms with Crippen LogP contribution >= 0.6 is 0 Å². The van der Waals surface area contributed by atoms with Gasteiger partial charge in [-0.3, -0.25) is 9.67 Å². The first kappa shape index (κ1) is 21.3. The maximum Gasteiger partial charge on any atom is 0.191 e. The molecule has 0 amide bonds. The molecule has 0 saturated heterocycles. The van der Waals surface area contributed by atoms with Gasteiger partial charge < -0.3 is 20.7 Å². The van der Waals surface area contributed by atoms with Crippen LogP contribution in [0, 0.1) is 0 Å². The molecule has 0 bridgehead atoms. The van der Waals surface area contributed by atoms with E-state index in [1.54, 1.807) is 17.2 Å². The molecule has 1 aliphatic carbocycles. The lowest BCUT2D eigenvalue weighted by Gasteiger charge is -2.21. The van der Waals surface area contributed by atoms with Crippen molar-refractivity contribution >= 4 is 22.8 Å². The van der Waals surface area contributed by atoms with Gasteiger partial charge in [0.2, 0.25) is 0 Å². The molecule has 3 rings (SSSR count). The zero-order valence-corrected chi connectivity index (χ0v) is 17.7. The molecule has 2 aromatic heterocycles. The fourth-order valence-corrected chi connectivity index (χ4v) is 3.54. The first-order valence-electron chi connectivity index (χ1n) is 10.8. The largest absolute Gasteiger partial charge is 0.378 e. The van der Waals surface area contributed by atoms with E-state index >= 15 is 0 Å². The van der Waals surface area contributed by atoms with Crippen LogP contribution in [0.5, 0.6) is 0 Å². The lowest BCUT2D eigenvalue weighted by Crippen LogP contribution is -2.39. The number of fused-ring (bicyclic) bond motifs is 1. The van der Waals surface area contributed by atoms with Gasteiger partial charge in [-0.05, 0) is 26.2 Å². The van der Waals surface area contributed by atoms with E-state index in [4.69, 9.17) is 4.74 Å². The molecule has 9 heteroatoms. The Balaban J connectivity index is 1.36. The normalized spacial score (nSPS) is 15.6. The molecular formula is C20H34N8O. The second-order valence-electron chi connectivity index (χ2n) is 7.33. The van der Waals surface area contributed by atoms with Crippen LogP contribution in [0.4, 0.5) is 5.82 Å². The molecule has 1 saturated carbocycles. The zero-order chi connectivity index (χ0) is 20.3. The summed E-state index contributed by atoms with van der Waals surface area (Å²) in [6, 6.07) is 0. The summed E-state index contributed by atoms with van der Waals surface area (Å²) in [4.78, 5) is 13.2. The molecule has 1 aliphatic rings. The van der Waals surface area contributed by atoms with Crippen molar-refractivity contribution in [2.24, 2.45) is 12.0 Å². The second-order valence-corrected chi connectivity index (χ2v) is 7.33. The number of ether oxygens (including phenoxy) is 1. The Labute approximate surface area is 172 Å². The number of aromatic nitrogens is 4. The molecule has 0 unspecified atom stereocenters. The number of guanidine groups is 1. The van der Waals surface area contributed by atoms with Gasteiger partial charge in [0.15, 0.2) is 11.6 Å². The van der Waals surface area contributed by atoms with Crippen molar-refractivity contribution in [2.45, 2.75) is 51.6 Å². The van der Waals surface area contributed by atoms with E-state index in [9.17, 15) is 0 Å². The van der Waals surface area contributed by atoms with E-state index in [0.29, 0.717) is 6.10 Å². The Morgan fingerprint density at radius 2 is 2.07 bits per heavy atom. The maximum absolute atomic E-state index is 5.97. The molecule has 0 spiro atoms. The van der Waals surface area contributed by atoms with Crippen LogP contribution < -0.4 is 16.0 Å². The van der Waals surface area contributed by atoms with Crippen molar-refractivity contribution in [1.82, 2.24) is 30.4 Å². The zero-order valence-electron chi connectivity index (χ0n) is 17.7. The third-order valence-corrected chi connectivity index (χ3v) is 5.06. The number of anilines is 1. The number of nitrogens with zero attached hydrogens (tertiary/aromatic N) is 5. The Morgan fingerprint density at radius 1 is 1.21 bits per heavy atom. The van der Waals surface area contributed by atoms with E-state index in [1.807, 2.05) is 7.05 Å². The molecule has 29 heavy (non-hydrogen) atoms. The summed E-state index contributed by atoms with van der Waals surface area (Å²) in [5, 5.41) is 15.1. The second kappa shape index (κ2) is 11.5. The number of aliphatic imine (C=N–C) groups is 1. The number of hydrogen-bond acceptors (Lipinski definition) is 6. The Bertz CT molecular complexity index is 769. The SMILES string of the molecule is CCNC(=NCCCOC1CCCCC1)NCCNc1ncnc2c1cnn2C. The van der Waals surface area contributed by atoms with Crippen LogP contribution in [-0.4, -0.2) is 64.6 Å². The van der Waals surface area contributed by atoms with Gasteiger partial charge in [-0.15, -0.1) is 0 Å². The lowest BCUT2D eigenvalue weighted by atomic mass is 9.98. The van der Waals surface area contributed by atoms with Gasteiger partial charge in [0.05, 0.1) is 17.7 Å². The molecular weight excluding hydrogens is 368 g/mol. The van der Waals surface area contributed by atoms with Crippen LogP contribution in [0.3, 0.4) is 0 Å². The van der Waals surface area contributed by atoms with Gasteiger partial charge >= 0.3 is 0 Å². The van der Waals surface area contributed by atoms with Crippen molar-refractivity contribution in [3.8, 4) is 0 Å². The summed E-state index contributed by atoms with van der Waals surface area (Å²) in [7, 11) is 1.88. The molecule has 0 atom stereocenters. The monoisotopic (exact) mass is 402 g/mol. The smallest absolute Gasteiger partial charge is 0.191 e. The highest BCUT2D eigenvalue weighted by Gasteiger charge is 2.13. The molecule has 160 valence electrons. The molecule has 0 aromatic carbocycles. The minimum atomic E-state index is 0.471. The van der Waals surface area contributed by atoms with Gasteiger partial charge in [-0.1, -0.05) is 19.3 Å². The minimum Gasteiger partial charge on any atom is -0.378 e. The summed E-state index contributed by atoms with van der Waals surface area (Å²) in [6.45, 7) is 5.91. The Morgan fingerprint density at radius 3 is 2.90 bits per heavy atom. The summed E-state index contributed by atoms with van der Waals surface area (Å²) in [5.74, 6) is 1.63. The summed E-state index contributed by atoms with van der Waals surface area (Å²) in [5.41, 5.74) is 0.820.